The Morgan fingerprint density at radius 3 is 2.63 bits per heavy atom. The highest BCUT2D eigenvalue weighted by Crippen LogP contribution is 2.07. The van der Waals surface area contributed by atoms with Crippen molar-refractivity contribution in [3.05, 3.63) is 30.1 Å². The maximum absolute atomic E-state index is 12.7. The molecule has 106 valence electrons. The fourth-order valence-corrected chi connectivity index (χ4v) is 1.58. The predicted molar refractivity (Wildman–Crippen MR) is 78.9 cm³/mol. The smallest absolute Gasteiger partial charge is 0.193 e. The number of nitrogens with two attached hydrogens (primary N) is 1. The number of guanidine groups is 1. The van der Waals surface area contributed by atoms with Crippen molar-refractivity contribution < 1.29 is 4.39 Å². The van der Waals surface area contributed by atoms with Gasteiger partial charge in [0.2, 0.25) is 0 Å². The summed E-state index contributed by atoms with van der Waals surface area (Å²) >= 11 is 0. The fraction of sp³-hybridized carbons (Fsp3) is 0.500. The Hall–Kier alpha value is -1.62. The molecule has 0 aliphatic rings. The van der Waals surface area contributed by atoms with Gasteiger partial charge in [0, 0.05) is 18.3 Å². The number of halogens is 1. The molecule has 1 atom stereocenters. The van der Waals surface area contributed by atoms with Gasteiger partial charge in [-0.05, 0) is 44.7 Å². The van der Waals surface area contributed by atoms with Gasteiger partial charge in [-0.25, -0.2) is 4.39 Å². The van der Waals surface area contributed by atoms with Gasteiger partial charge in [0.25, 0.3) is 0 Å². The SMILES string of the molecule is CCC(C)N(C)CCN=C(N)Nc1ccc(F)cc1. The summed E-state index contributed by atoms with van der Waals surface area (Å²) in [5.74, 6) is 0.0837. The summed E-state index contributed by atoms with van der Waals surface area (Å²) < 4.78 is 12.7. The lowest BCUT2D eigenvalue weighted by molar-refractivity contribution is 0.259. The molecule has 0 fully saturated rings. The zero-order valence-corrected chi connectivity index (χ0v) is 11.9. The third-order valence-electron chi connectivity index (χ3n) is 3.19. The molecule has 1 rings (SSSR count). The van der Waals surface area contributed by atoms with Crippen LogP contribution in [0.1, 0.15) is 20.3 Å². The maximum atomic E-state index is 12.7. The zero-order chi connectivity index (χ0) is 14.3. The number of likely N-dealkylation sites (N-methyl/N-ethyl adjacent to an activating group) is 1. The molecule has 3 N–H and O–H groups in total. The van der Waals surface area contributed by atoms with Crippen LogP contribution < -0.4 is 11.1 Å². The molecule has 19 heavy (non-hydrogen) atoms. The van der Waals surface area contributed by atoms with Gasteiger partial charge in [-0.3, -0.25) is 4.99 Å². The molecule has 0 bridgehead atoms. The minimum absolute atomic E-state index is 0.267. The first kappa shape index (κ1) is 15.4. The Bertz CT molecular complexity index is 402. The minimum atomic E-state index is -0.267. The summed E-state index contributed by atoms with van der Waals surface area (Å²) in [5, 5.41) is 2.93. The number of rotatable bonds is 6. The van der Waals surface area contributed by atoms with Gasteiger partial charge in [-0.15, -0.1) is 0 Å². The lowest BCUT2D eigenvalue weighted by Crippen LogP contribution is -2.31. The molecule has 1 aromatic rings. The van der Waals surface area contributed by atoms with Crippen molar-refractivity contribution in [2.24, 2.45) is 10.7 Å². The van der Waals surface area contributed by atoms with Gasteiger partial charge in [0.15, 0.2) is 5.96 Å². The van der Waals surface area contributed by atoms with Gasteiger partial charge in [-0.2, -0.15) is 0 Å². The number of hydrogen-bond acceptors (Lipinski definition) is 2. The highest BCUT2D eigenvalue weighted by Gasteiger charge is 2.05. The predicted octanol–water partition coefficient (Wildman–Crippen LogP) is 2.28. The monoisotopic (exact) mass is 266 g/mol. The Morgan fingerprint density at radius 1 is 1.42 bits per heavy atom. The largest absolute Gasteiger partial charge is 0.370 e. The molecule has 0 aliphatic heterocycles. The number of nitrogens with one attached hydrogen (secondary N) is 1. The number of nitrogens with zero attached hydrogens (tertiary/aromatic N) is 2. The molecule has 0 saturated carbocycles. The van der Waals surface area contributed by atoms with Crippen LogP contribution in [0.5, 0.6) is 0 Å². The van der Waals surface area contributed by atoms with Crippen LogP contribution in [0.4, 0.5) is 10.1 Å². The molecular weight excluding hydrogens is 243 g/mol. The highest BCUT2D eigenvalue weighted by molar-refractivity contribution is 5.92. The van der Waals surface area contributed by atoms with Crippen LogP contribution in [-0.2, 0) is 0 Å². The second kappa shape index (κ2) is 7.74. The molecular formula is C14H23FN4. The first-order valence-corrected chi connectivity index (χ1v) is 6.55. The topological polar surface area (TPSA) is 53.6 Å². The van der Waals surface area contributed by atoms with Crippen LogP contribution >= 0.6 is 0 Å². The van der Waals surface area contributed by atoms with E-state index in [4.69, 9.17) is 5.73 Å². The van der Waals surface area contributed by atoms with Gasteiger partial charge < -0.3 is 16.0 Å². The van der Waals surface area contributed by atoms with Crippen LogP contribution in [0.25, 0.3) is 0 Å². The minimum Gasteiger partial charge on any atom is -0.370 e. The summed E-state index contributed by atoms with van der Waals surface area (Å²) in [4.78, 5) is 6.49. The van der Waals surface area contributed by atoms with E-state index in [1.54, 1.807) is 12.1 Å². The second-order valence-electron chi connectivity index (χ2n) is 4.64. The average Bonchev–Trinajstić information content (AvgIpc) is 2.40. The Kier molecular flexibility index (Phi) is 6.29. The van der Waals surface area contributed by atoms with Crippen molar-refractivity contribution in [1.29, 1.82) is 0 Å². The van der Waals surface area contributed by atoms with Crippen molar-refractivity contribution >= 4 is 11.6 Å². The molecule has 0 amide bonds. The van der Waals surface area contributed by atoms with Crippen molar-refractivity contribution in [3.8, 4) is 0 Å². The van der Waals surface area contributed by atoms with Crippen LogP contribution in [0.2, 0.25) is 0 Å². The lowest BCUT2D eigenvalue weighted by atomic mass is 10.2. The molecule has 0 saturated heterocycles. The standard InChI is InChI=1S/C14H23FN4/c1-4-11(2)19(3)10-9-17-14(16)18-13-7-5-12(15)6-8-13/h5-8,11H,4,9-10H2,1-3H3,(H3,16,17,18). The van der Waals surface area contributed by atoms with E-state index in [1.807, 2.05) is 0 Å². The van der Waals surface area contributed by atoms with Gasteiger partial charge in [-0.1, -0.05) is 6.92 Å². The fourth-order valence-electron chi connectivity index (χ4n) is 1.58. The summed E-state index contributed by atoms with van der Waals surface area (Å²) in [7, 11) is 2.08. The first-order chi connectivity index (χ1) is 9.02. The summed E-state index contributed by atoms with van der Waals surface area (Å²) in [5.41, 5.74) is 6.50. The second-order valence-corrected chi connectivity index (χ2v) is 4.64. The summed E-state index contributed by atoms with van der Waals surface area (Å²) in [6.07, 6.45) is 1.11. The molecule has 1 aromatic carbocycles. The molecule has 4 nitrogen and oxygen atoms in total. The van der Waals surface area contributed by atoms with Crippen LogP contribution in [-0.4, -0.2) is 37.0 Å². The van der Waals surface area contributed by atoms with E-state index in [0.717, 1.165) is 18.7 Å². The Labute approximate surface area is 114 Å². The molecule has 0 aromatic heterocycles. The number of anilines is 1. The van der Waals surface area contributed by atoms with Crippen molar-refractivity contribution in [1.82, 2.24) is 4.90 Å². The van der Waals surface area contributed by atoms with Crippen LogP contribution in [0, 0.1) is 5.82 Å². The molecule has 1 unspecified atom stereocenters. The molecule has 0 heterocycles. The van der Waals surface area contributed by atoms with Crippen molar-refractivity contribution in [3.63, 3.8) is 0 Å². The van der Waals surface area contributed by atoms with E-state index >= 15 is 0 Å². The molecule has 0 radical (unpaired) electrons. The normalized spacial score (nSPS) is 13.6. The van der Waals surface area contributed by atoms with Crippen molar-refractivity contribution in [2.75, 3.05) is 25.5 Å². The molecule has 5 heteroatoms. The zero-order valence-electron chi connectivity index (χ0n) is 11.9. The molecule has 0 spiro atoms. The van der Waals surface area contributed by atoms with E-state index in [0.29, 0.717) is 18.5 Å². The summed E-state index contributed by atoms with van der Waals surface area (Å²) in [6.45, 7) is 5.85. The van der Waals surface area contributed by atoms with Crippen molar-refractivity contribution in [2.45, 2.75) is 26.3 Å². The molecule has 0 aliphatic carbocycles. The van der Waals surface area contributed by atoms with E-state index in [2.05, 4.69) is 36.1 Å². The summed E-state index contributed by atoms with van der Waals surface area (Å²) in [6, 6.07) is 6.56. The van der Waals surface area contributed by atoms with E-state index in [-0.39, 0.29) is 5.82 Å². The Morgan fingerprint density at radius 2 is 2.05 bits per heavy atom. The third-order valence-corrected chi connectivity index (χ3v) is 3.19. The van der Waals surface area contributed by atoms with Gasteiger partial charge in [0.1, 0.15) is 5.82 Å². The quantitative estimate of drug-likeness (QED) is 0.613. The van der Waals surface area contributed by atoms with Crippen LogP contribution in [0.3, 0.4) is 0 Å². The lowest BCUT2D eigenvalue weighted by Gasteiger charge is -2.22. The van der Waals surface area contributed by atoms with Gasteiger partial charge in [0.05, 0.1) is 6.54 Å². The highest BCUT2D eigenvalue weighted by atomic mass is 19.1. The van der Waals surface area contributed by atoms with E-state index < -0.39 is 0 Å². The van der Waals surface area contributed by atoms with E-state index in [1.165, 1.54) is 12.1 Å². The average molecular weight is 266 g/mol. The maximum Gasteiger partial charge on any atom is 0.193 e. The first-order valence-electron chi connectivity index (χ1n) is 6.55. The van der Waals surface area contributed by atoms with E-state index in [9.17, 15) is 4.39 Å². The van der Waals surface area contributed by atoms with Crippen LogP contribution in [0.15, 0.2) is 29.3 Å². The Balaban J connectivity index is 2.39. The number of benzene rings is 1. The third kappa shape index (κ3) is 5.70. The number of hydrogen-bond donors (Lipinski definition) is 2. The number of aliphatic imine (C=N–C) groups is 1. The van der Waals surface area contributed by atoms with Gasteiger partial charge >= 0.3 is 0 Å².